The highest BCUT2D eigenvalue weighted by molar-refractivity contribution is 7.80. The number of benzene rings is 2. The maximum atomic E-state index is 13.7. The summed E-state index contributed by atoms with van der Waals surface area (Å²) < 4.78 is 0. The number of carbonyl (C=O) groups excluding carboxylic acids is 4. The standard InChI is InChI=1S/C31H41N7O7S/c32-12-4-3-7-24(29(42)38-26(31(44)45)13-18-8-10-20(39)11-9-18)37-30(43)25(36-27(40)16-35-28(41)22(33)17-46)14-19-15-34-23-6-2-1-5-21(19)23/h1-2,5-6,8-11,15,22,24-26,34,39,46H,3-4,7,12-14,16-17,32-33H2,(H,35,41)(H,36,40)(H,37,43)(H,38,42)(H,44,45)/t22-,24-,25-,26-/m0/s1. The Morgan fingerprint density at radius 2 is 1.52 bits per heavy atom. The highest BCUT2D eigenvalue weighted by atomic mass is 32.1. The topological polar surface area (TPSA) is 242 Å². The number of thiol groups is 1. The molecule has 0 saturated carbocycles. The van der Waals surface area contributed by atoms with Gasteiger partial charge in [0.25, 0.3) is 0 Å². The second-order valence-electron chi connectivity index (χ2n) is 10.8. The molecule has 3 rings (SSSR count). The van der Waals surface area contributed by atoms with Crippen LogP contribution in [0, 0.1) is 0 Å². The van der Waals surface area contributed by atoms with E-state index in [4.69, 9.17) is 11.5 Å². The van der Waals surface area contributed by atoms with Gasteiger partial charge in [-0.15, -0.1) is 0 Å². The third kappa shape index (κ3) is 10.8. The lowest BCUT2D eigenvalue weighted by molar-refractivity contribution is -0.142. The molecule has 0 fully saturated rings. The maximum Gasteiger partial charge on any atom is 0.326 e. The first-order valence-electron chi connectivity index (χ1n) is 14.8. The minimum absolute atomic E-state index is 0.0141. The zero-order valence-corrected chi connectivity index (χ0v) is 26.1. The Hall–Kier alpha value is -4.60. The lowest BCUT2D eigenvalue weighted by atomic mass is 10.0. The number of amides is 4. The monoisotopic (exact) mass is 655 g/mol. The average Bonchev–Trinajstić information content (AvgIpc) is 3.45. The van der Waals surface area contributed by atoms with E-state index in [-0.39, 0.29) is 30.8 Å². The van der Waals surface area contributed by atoms with Crippen LogP contribution in [0.2, 0.25) is 0 Å². The summed E-state index contributed by atoms with van der Waals surface area (Å²) in [5.74, 6) is -3.84. The molecule has 4 atom stereocenters. The molecule has 0 spiro atoms. The highest BCUT2D eigenvalue weighted by Crippen LogP contribution is 2.19. The van der Waals surface area contributed by atoms with Crippen molar-refractivity contribution in [2.45, 2.75) is 56.3 Å². The molecule has 11 N–H and O–H groups in total. The van der Waals surface area contributed by atoms with E-state index in [2.05, 4.69) is 38.9 Å². The molecule has 248 valence electrons. The van der Waals surface area contributed by atoms with Crippen molar-refractivity contribution in [3.05, 3.63) is 65.9 Å². The average molecular weight is 656 g/mol. The number of rotatable bonds is 18. The zero-order chi connectivity index (χ0) is 33.6. The number of H-pyrrole nitrogens is 1. The van der Waals surface area contributed by atoms with Crippen LogP contribution in [-0.2, 0) is 36.8 Å². The molecular formula is C31H41N7O7S. The molecule has 0 aliphatic rings. The van der Waals surface area contributed by atoms with Crippen molar-refractivity contribution in [3.63, 3.8) is 0 Å². The molecule has 1 aromatic heterocycles. The largest absolute Gasteiger partial charge is 0.508 e. The number of para-hydroxylation sites is 1. The number of aromatic nitrogens is 1. The van der Waals surface area contributed by atoms with Crippen LogP contribution in [0.4, 0.5) is 0 Å². The summed E-state index contributed by atoms with van der Waals surface area (Å²) in [5, 5.41) is 30.4. The molecule has 15 heteroatoms. The summed E-state index contributed by atoms with van der Waals surface area (Å²) in [6, 6.07) is 8.78. The number of aliphatic carboxylic acids is 1. The highest BCUT2D eigenvalue weighted by Gasteiger charge is 2.30. The Morgan fingerprint density at radius 3 is 2.20 bits per heavy atom. The minimum atomic E-state index is -1.32. The quantitative estimate of drug-likeness (QED) is 0.0638. The van der Waals surface area contributed by atoms with Gasteiger partial charge in [0.1, 0.15) is 23.9 Å². The predicted molar refractivity (Wildman–Crippen MR) is 175 cm³/mol. The summed E-state index contributed by atoms with van der Waals surface area (Å²) in [5.41, 5.74) is 13.4. The molecule has 0 aliphatic heterocycles. The summed E-state index contributed by atoms with van der Waals surface area (Å²) in [7, 11) is 0. The SMILES string of the molecule is NCCCC[C@H](NC(=O)[C@H](Cc1c[nH]c2ccccc12)NC(=O)CNC(=O)[C@@H](N)CS)C(=O)N[C@@H](Cc1ccc(O)cc1)C(=O)O. The Morgan fingerprint density at radius 1 is 0.848 bits per heavy atom. The first kappa shape index (κ1) is 35.9. The first-order valence-corrected chi connectivity index (χ1v) is 15.5. The van der Waals surface area contributed by atoms with Crippen molar-refractivity contribution in [3.8, 4) is 5.75 Å². The van der Waals surface area contributed by atoms with Gasteiger partial charge in [-0.25, -0.2) is 4.79 Å². The second kappa shape index (κ2) is 17.8. The first-order chi connectivity index (χ1) is 22.0. The number of aromatic hydroxyl groups is 1. The number of phenols is 1. The molecule has 14 nitrogen and oxygen atoms in total. The van der Waals surface area contributed by atoms with Crippen LogP contribution in [0.3, 0.4) is 0 Å². The van der Waals surface area contributed by atoms with Crippen LogP contribution >= 0.6 is 12.6 Å². The fourth-order valence-electron chi connectivity index (χ4n) is 4.73. The van der Waals surface area contributed by atoms with Gasteiger partial charge in [0, 0.05) is 35.7 Å². The van der Waals surface area contributed by atoms with Crippen LogP contribution in [0.25, 0.3) is 10.9 Å². The van der Waals surface area contributed by atoms with Gasteiger partial charge < -0.3 is 47.9 Å². The van der Waals surface area contributed by atoms with Gasteiger partial charge in [0.2, 0.25) is 23.6 Å². The minimum Gasteiger partial charge on any atom is -0.508 e. The lowest BCUT2D eigenvalue weighted by Gasteiger charge is -2.25. The Bertz CT molecular complexity index is 1500. The number of carbonyl (C=O) groups is 5. The number of nitrogens with two attached hydrogens (primary N) is 2. The van der Waals surface area contributed by atoms with Crippen molar-refractivity contribution < 1.29 is 34.2 Å². The Kier molecular flexibility index (Phi) is 13.9. The van der Waals surface area contributed by atoms with Crippen molar-refractivity contribution in [2.75, 3.05) is 18.8 Å². The number of carboxylic acids is 1. The van der Waals surface area contributed by atoms with Gasteiger partial charge in [-0.1, -0.05) is 30.3 Å². The van der Waals surface area contributed by atoms with Crippen molar-refractivity contribution >= 4 is 53.1 Å². The molecular weight excluding hydrogens is 614 g/mol. The fourth-order valence-corrected chi connectivity index (χ4v) is 4.90. The fraction of sp³-hybridized carbons (Fsp3) is 0.387. The normalized spacial score (nSPS) is 13.6. The summed E-state index contributed by atoms with van der Waals surface area (Å²) >= 11 is 3.98. The smallest absolute Gasteiger partial charge is 0.326 e. The third-order valence-electron chi connectivity index (χ3n) is 7.28. The van der Waals surface area contributed by atoms with E-state index in [9.17, 15) is 34.2 Å². The van der Waals surface area contributed by atoms with E-state index in [1.807, 2.05) is 24.3 Å². The maximum absolute atomic E-state index is 13.7. The summed E-state index contributed by atoms with van der Waals surface area (Å²) in [4.78, 5) is 67.2. The second-order valence-corrected chi connectivity index (χ2v) is 11.2. The zero-order valence-electron chi connectivity index (χ0n) is 25.2. The van der Waals surface area contributed by atoms with Gasteiger partial charge in [-0.05, 0) is 55.1 Å². The lowest BCUT2D eigenvalue weighted by Crippen LogP contribution is -2.57. The molecule has 0 radical (unpaired) electrons. The number of aromatic amines is 1. The number of unbranched alkanes of at least 4 members (excludes halogenated alkanes) is 1. The van der Waals surface area contributed by atoms with Crippen LogP contribution in [0.15, 0.2) is 54.7 Å². The Labute approximate surface area is 271 Å². The van der Waals surface area contributed by atoms with E-state index < -0.39 is 60.3 Å². The molecule has 0 aliphatic carbocycles. The van der Waals surface area contributed by atoms with Crippen molar-refractivity contribution in [2.24, 2.45) is 11.5 Å². The van der Waals surface area contributed by atoms with Crippen molar-refractivity contribution in [1.29, 1.82) is 0 Å². The van der Waals surface area contributed by atoms with Gasteiger partial charge in [0.05, 0.1) is 12.6 Å². The van der Waals surface area contributed by atoms with Gasteiger partial charge in [-0.2, -0.15) is 12.6 Å². The molecule has 3 aromatic rings. The number of nitrogens with one attached hydrogen (secondary N) is 5. The van der Waals surface area contributed by atoms with E-state index in [1.165, 1.54) is 12.1 Å². The van der Waals surface area contributed by atoms with E-state index in [0.717, 1.165) is 16.5 Å². The molecule has 2 aromatic carbocycles. The Balaban J connectivity index is 1.80. The van der Waals surface area contributed by atoms with E-state index in [0.29, 0.717) is 24.9 Å². The van der Waals surface area contributed by atoms with Gasteiger partial charge in [0.15, 0.2) is 0 Å². The van der Waals surface area contributed by atoms with E-state index in [1.54, 1.807) is 18.3 Å². The molecule has 0 bridgehead atoms. The van der Waals surface area contributed by atoms with Crippen LogP contribution in [-0.4, -0.2) is 87.8 Å². The molecule has 1 heterocycles. The summed E-state index contributed by atoms with van der Waals surface area (Å²) in [6.45, 7) is -0.0985. The van der Waals surface area contributed by atoms with Crippen molar-refractivity contribution in [1.82, 2.24) is 26.3 Å². The third-order valence-corrected chi connectivity index (χ3v) is 7.67. The number of carboxylic acid groups (broad SMARTS) is 1. The number of hydrogen-bond donors (Lipinski definition) is 10. The predicted octanol–water partition coefficient (Wildman–Crippen LogP) is -0.300. The number of phenolic OH excluding ortho intramolecular Hbond substituents is 1. The molecule has 46 heavy (non-hydrogen) atoms. The molecule has 0 saturated heterocycles. The molecule has 0 unspecified atom stereocenters. The van der Waals surface area contributed by atoms with Gasteiger partial charge >= 0.3 is 5.97 Å². The van der Waals surface area contributed by atoms with Crippen LogP contribution in [0.1, 0.15) is 30.4 Å². The number of hydrogen-bond acceptors (Lipinski definition) is 9. The van der Waals surface area contributed by atoms with E-state index >= 15 is 0 Å². The van der Waals surface area contributed by atoms with Crippen LogP contribution < -0.4 is 32.7 Å². The number of fused-ring (bicyclic) bond motifs is 1. The summed E-state index contributed by atoms with van der Waals surface area (Å²) in [6.07, 6.45) is 2.87. The molecule has 4 amide bonds. The van der Waals surface area contributed by atoms with Gasteiger partial charge in [-0.3, -0.25) is 19.2 Å². The van der Waals surface area contributed by atoms with Crippen LogP contribution in [0.5, 0.6) is 5.75 Å².